The molecule has 0 bridgehead atoms. The average molecular weight is 195 g/mol. The van der Waals surface area contributed by atoms with Gasteiger partial charge in [-0.1, -0.05) is 29.8 Å². The standard InChI is InChI=1S/C9H5ClNO2/c10-7-5-9(12)11(13)8-4-2-1-3-6(7)8/h1-5H/q-1. The van der Waals surface area contributed by atoms with Gasteiger partial charge in [0.05, 0.1) is 5.02 Å². The monoisotopic (exact) mass is 194 g/mol. The first-order valence-corrected chi connectivity index (χ1v) is 4.06. The first-order chi connectivity index (χ1) is 6.20. The van der Waals surface area contributed by atoms with Gasteiger partial charge in [-0.05, 0) is 6.07 Å². The number of pyridine rings is 1. The van der Waals surface area contributed by atoms with Crippen molar-refractivity contribution in [2.24, 2.45) is 0 Å². The Morgan fingerprint density at radius 2 is 2.00 bits per heavy atom. The van der Waals surface area contributed by atoms with Crippen LogP contribution >= 0.6 is 11.6 Å². The summed E-state index contributed by atoms with van der Waals surface area (Å²) in [4.78, 5) is 11.0. The molecule has 2 aromatic rings. The Morgan fingerprint density at radius 1 is 1.31 bits per heavy atom. The molecule has 3 nitrogen and oxygen atoms in total. The minimum absolute atomic E-state index is 0.306. The summed E-state index contributed by atoms with van der Waals surface area (Å²) < 4.78 is 0.335. The molecule has 0 aliphatic carbocycles. The van der Waals surface area contributed by atoms with Crippen LogP contribution in [-0.2, 0) is 0 Å². The summed E-state index contributed by atoms with van der Waals surface area (Å²) in [5.74, 6) is 0. The van der Waals surface area contributed by atoms with Crippen molar-refractivity contribution in [3.05, 3.63) is 50.9 Å². The van der Waals surface area contributed by atoms with Gasteiger partial charge in [0.2, 0.25) is 5.56 Å². The number of halogens is 1. The van der Waals surface area contributed by atoms with Crippen LogP contribution in [0.4, 0.5) is 0 Å². The lowest BCUT2D eigenvalue weighted by Gasteiger charge is -2.13. The lowest BCUT2D eigenvalue weighted by atomic mass is 10.2. The van der Waals surface area contributed by atoms with Crippen LogP contribution in [-0.4, -0.2) is 4.73 Å². The number of benzene rings is 1. The van der Waals surface area contributed by atoms with E-state index in [1.807, 2.05) is 0 Å². The lowest BCUT2D eigenvalue weighted by Crippen LogP contribution is -2.14. The zero-order chi connectivity index (χ0) is 9.42. The number of rotatable bonds is 0. The summed E-state index contributed by atoms with van der Waals surface area (Å²) in [5.41, 5.74) is -0.330. The third-order valence-electron chi connectivity index (χ3n) is 1.83. The molecule has 4 heteroatoms. The summed E-state index contributed by atoms with van der Waals surface area (Å²) in [6.45, 7) is 0. The highest BCUT2D eigenvalue weighted by atomic mass is 35.5. The van der Waals surface area contributed by atoms with E-state index in [0.717, 1.165) is 6.07 Å². The predicted octanol–water partition coefficient (Wildman–Crippen LogP) is 2.00. The van der Waals surface area contributed by atoms with Crippen molar-refractivity contribution in [3.63, 3.8) is 0 Å². The first kappa shape index (κ1) is 8.13. The van der Waals surface area contributed by atoms with Gasteiger partial charge >= 0.3 is 0 Å². The third kappa shape index (κ3) is 1.17. The van der Waals surface area contributed by atoms with Crippen molar-refractivity contribution in [1.29, 1.82) is 0 Å². The Kier molecular flexibility index (Phi) is 1.74. The molecule has 0 saturated heterocycles. The molecule has 66 valence electrons. The van der Waals surface area contributed by atoms with Gasteiger partial charge in [-0.2, -0.15) is 0 Å². The van der Waals surface area contributed by atoms with Crippen molar-refractivity contribution in [2.45, 2.75) is 0 Å². The van der Waals surface area contributed by atoms with Crippen LogP contribution in [0.25, 0.3) is 10.9 Å². The number of hydrogen-bond acceptors (Lipinski definition) is 2. The molecule has 0 unspecified atom stereocenters. The molecular formula is C9H5ClNO2-. The van der Waals surface area contributed by atoms with Gasteiger partial charge in [0.15, 0.2) is 0 Å². The molecule has 0 spiro atoms. The number of fused-ring (bicyclic) bond motifs is 1. The van der Waals surface area contributed by atoms with E-state index < -0.39 is 5.56 Å². The molecule has 0 saturated carbocycles. The molecule has 13 heavy (non-hydrogen) atoms. The van der Waals surface area contributed by atoms with Crippen molar-refractivity contribution >= 4 is 22.5 Å². The molecule has 1 heterocycles. The molecular weight excluding hydrogens is 190 g/mol. The number of hydrogen-bond donors (Lipinski definition) is 0. The van der Waals surface area contributed by atoms with E-state index in [4.69, 9.17) is 11.6 Å². The molecule has 0 aliphatic rings. The van der Waals surface area contributed by atoms with Crippen LogP contribution in [0.1, 0.15) is 0 Å². The quantitative estimate of drug-likeness (QED) is 0.644. The molecule has 0 radical (unpaired) electrons. The van der Waals surface area contributed by atoms with Gasteiger partial charge in [0.25, 0.3) is 0 Å². The summed E-state index contributed by atoms with van der Waals surface area (Å²) in [7, 11) is 0. The largest absolute Gasteiger partial charge is 0.803 e. The first-order valence-electron chi connectivity index (χ1n) is 3.68. The highest BCUT2D eigenvalue weighted by Crippen LogP contribution is 2.20. The van der Waals surface area contributed by atoms with Gasteiger partial charge in [0, 0.05) is 17.0 Å². The lowest BCUT2D eigenvalue weighted by molar-refractivity contribution is 1.06. The SMILES string of the molecule is O=c1cc(Cl)c2ccccc2n1[O-]. The smallest absolute Gasteiger partial charge is 0.247 e. The van der Waals surface area contributed by atoms with Crippen LogP contribution in [0.5, 0.6) is 0 Å². The maximum absolute atomic E-state index is 11.2. The van der Waals surface area contributed by atoms with E-state index in [-0.39, 0.29) is 0 Å². The summed E-state index contributed by atoms with van der Waals surface area (Å²) in [6.07, 6.45) is 0. The molecule has 1 aromatic heterocycles. The topological polar surface area (TPSA) is 45.1 Å². The second-order valence-corrected chi connectivity index (χ2v) is 3.05. The van der Waals surface area contributed by atoms with Crippen molar-refractivity contribution < 1.29 is 0 Å². The van der Waals surface area contributed by atoms with Gasteiger partial charge in [0.1, 0.15) is 0 Å². The van der Waals surface area contributed by atoms with E-state index in [1.165, 1.54) is 0 Å². The van der Waals surface area contributed by atoms with Crippen LogP contribution in [0.2, 0.25) is 5.02 Å². The molecule has 0 amide bonds. The molecule has 0 atom stereocenters. The molecule has 0 fully saturated rings. The van der Waals surface area contributed by atoms with Gasteiger partial charge < -0.3 is 9.94 Å². The maximum Gasteiger partial charge on any atom is 0.247 e. The maximum atomic E-state index is 11.2. The Labute approximate surface area is 78.8 Å². The minimum Gasteiger partial charge on any atom is -0.803 e. The minimum atomic E-state index is -0.635. The molecule has 2 rings (SSSR count). The number of para-hydroxylation sites is 1. The fourth-order valence-electron chi connectivity index (χ4n) is 1.22. The van der Waals surface area contributed by atoms with Crippen molar-refractivity contribution in [1.82, 2.24) is 4.73 Å². The second kappa shape index (κ2) is 2.78. The van der Waals surface area contributed by atoms with E-state index >= 15 is 0 Å². The Hall–Kier alpha value is -1.48. The summed E-state index contributed by atoms with van der Waals surface area (Å²) in [6, 6.07) is 7.84. The fraction of sp³-hybridized carbons (Fsp3) is 0. The van der Waals surface area contributed by atoms with E-state index in [2.05, 4.69) is 0 Å². The van der Waals surface area contributed by atoms with Crippen LogP contribution in [0, 0.1) is 5.21 Å². The van der Waals surface area contributed by atoms with Crippen LogP contribution in [0.15, 0.2) is 35.1 Å². The zero-order valence-electron chi connectivity index (χ0n) is 6.53. The Morgan fingerprint density at radius 3 is 2.77 bits per heavy atom. The number of nitrogens with zero attached hydrogens (tertiary/aromatic N) is 1. The predicted molar refractivity (Wildman–Crippen MR) is 52.0 cm³/mol. The van der Waals surface area contributed by atoms with E-state index in [9.17, 15) is 10.0 Å². The Balaban J connectivity index is 3.06. The van der Waals surface area contributed by atoms with Crippen molar-refractivity contribution in [2.75, 3.05) is 0 Å². The second-order valence-electron chi connectivity index (χ2n) is 2.64. The van der Waals surface area contributed by atoms with E-state index in [1.54, 1.807) is 24.3 Å². The summed E-state index contributed by atoms with van der Waals surface area (Å²) in [5, 5.41) is 12.1. The highest BCUT2D eigenvalue weighted by Gasteiger charge is 2.00. The normalized spacial score (nSPS) is 10.5. The zero-order valence-corrected chi connectivity index (χ0v) is 7.28. The third-order valence-corrected chi connectivity index (χ3v) is 2.14. The fourth-order valence-corrected chi connectivity index (χ4v) is 1.47. The van der Waals surface area contributed by atoms with Gasteiger partial charge in [-0.3, -0.25) is 4.79 Å². The van der Waals surface area contributed by atoms with Gasteiger partial charge in [-0.15, -0.1) is 0 Å². The van der Waals surface area contributed by atoms with Crippen LogP contribution in [0.3, 0.4) is 0 Å². The molecule has 0 N–H and O–H groups in total. The average Bonchev–Trinajstić information content (AvgIpc) is 2.15. The summed E-state index contributed by atoms with van der Waals surface area (Å²) >= 11 is 5.78. The van der Waals surface area contributed by atoms with E-state index in [0.29, 0.717) is 20.7 Å². The molecule has 1 aromatic carbocycles. The van der Waals surface area contributed by atoms with Crippen LogP contribution < -0.4 is 5.56 Å². The van der Waals surface area contributed by atoms with Crippen molar-refractivity contribution in [3.8, 4) is 0 Å². The Bertz CT molecular complexity index is 518. The highest BCUT2D eigenvalue weighted by molar-refractivity contribution is 6.35. The molecule has 0 aliphatic heterocycles. The van der Waals surface area contributed by atoms with Gasteiger partial charge in [-0.25, -0.2) is 0 Å². The number of aromatic nitrogens is 1.